The molecule has 0 saturated carbocycles. The molecule has 48 valence electrons. The Morgan fingerprint density at radius 2 is 2.38 bits per heavy atom. The van der Waals surface area contributed by atoms with E-state index in [1.165, 1.54) is 0 Å². The van der Waals surface area contributed by atoms with Crippen LogP contribution in [0.4, 0.5) is 0 Å². The van der Waals surface area contributed by atoms with E-state index >= 15 is 0 Å². The average molecular weight is 180 g/mol. The van der Waals surface area contributed by atoms with Gasteiger partial charge in [0, 0.05) is 29.2 Å². The number of hydrogen-bond acceptors (Lipinski definition) is 2. The Bertz CT molecular complexity index is 94.4. The first-order valence-electron chi connectivity index (χ1n) is 2.73. The summed E-state index contributed by atoms with van der Waals surface area (Å²) in [6.45, 7) is 3.55. The van der Waals surface area contributed by atoms with Crippen molar-refractivity contribution in [2.75, 3.05) is 13.1 Å². The van der Waals surface area contributed by atoms with E-state index in [4.69, 9.17) is 0 Å². The van der Waals surface area contributed by atoms with Crippen molar-refractivity contribution >= 4 is 16.1 Å². The van der Waals surface area contributed by atoms with Crippen LogP contribution in [0.1, 0.15) is 13.3 Å². The van der Waals surface area contributed by atoms with E-state index in [1.807, 2.05) is 10.8 Å². The molecule has 0 bridgehead atoms. The number of rotatable bonds is 0. The van der Waals surface area contributed by atoms with Gasteiger partial charge in [-0.15, -0.1) is 0 Å². The molecule has 1 unspecified atom stereocenters. The summed E-state index contributed by atoms with van der Waals surface area (Å²) in [6, 6.07) is 0. The van der Waals surface area contributed by atoms with Crippen molar-refractivity contribution in [1.82, 2.24) is 3.93 Å². The molecule has 3 heteroatoms. The highest BCUT2D eigenvalue weighted by Gasteiger charge is 2.29. The van der Waals surface area contributed by atoms with Gasteiger partial charge in [-0.25, -0.2) is 3.93 Å². The lowest BCUT2D eigenvalue weighted by molar-refractivity contribution is 0.0775. The SMILES string of the molecule is CC1(O)CCN(Br)C1. The van der Waals surface area contributed by atoms with Gasteiger partial charge in [-0.3, -0.25) is 0 Å². The van der Waals surface area contributed by atoms with Crippen molar-refractivity contribution in [3.63, 3.8) is 0 Å². The van der Waals surface area contributed by atoms with Crippen LogP contribution in [-0.2, 0) is 0 Å². The van der Waals surface area contributed by atoms with Crippen LogP contribution in [0.15, 0.2) is 0 Å². The fraction of sp³-hybridized carbons (Fsp3) is 1.00. The maximum Gasteiger partial charge on any atom is 0.0767 e. The third-order valence-corrected chi connectivity index (χ3v) is 2.01. The van der Waals surface area contributed by atoms with E-state index in [2.05, 4.69) is 16.1 Å². The highest BCUT2D eigenvalue weighted by atomic mass is 79.9. The summed E-state index contributed by atoms with van der Waals surface area (Å²) in [5.74, 6) is 0. The van der Waals surface area contributed by atoms with Crippen molar-refractivity contribution < 1.29 is 5.11 Å². The molecule has 1 aliphatic rings. The second kappa shape index (κ2) is 1.97. The van der Waals surface area contributed by atoms with Crippen molar-refractivity contribution in [2.24, 2.45) is 0 Å². The Labute approximate surface area is 57.8 Å². The van der Waals surface area contributed by atoms with Gasteiger partial charge in [-0.05, 0) is 13.3 Å². The number of nitrogens with zero attached hydrogens (tertiary/aromatic N) is 1. The highest BCUT2D eigenvalue weighted by Crippen LogP contribution is 2.21. The molecule has 1 atom stereocenters. The molecule has 0 amide bonds. The summed E-state index contributed by atoms with van der Waals surface area (Å²) < 4.78 is 1.95. The Hall–Kier alpha value is 0.400. The zero-order valence-electron chi connectivity index (χ0n) is 4.89. The van der Waals surface area contributed by atoms with Gasteiger partial charge in [-0.1, -0.05) is 0 Å². The lowest BCUT2D eigenvalue weighted by Crippen LogP contribution is -2.25. The maximum atomic E-state index is 9.29. The first-order chi connectivity index (χ1) is 3.60. The van der Waals surface area contributed by atoms with Gasteiger partial charge in [0.1, 0.15) is 0 Å². The largest absolute Gasteiger partial charge is 0.389 e. The first kappa shape index (κ1) is 6.52. The zero-order valence-corrected chi connectivity index (χ0v) is 6.48. The minimum Gasteiger partial charge on any atom is -0.389 e. The molecule has 0 aromatic heterocycles. The molecule has 0 radical (unpaired) electrons. The van der Waals surface area contributed by atoms with Gasteiger partial charge < -0.3 is 5.11 Å². The molecule has 8 heavy (non-hydrogen) atoms. The lowest BCUT2D eigenvalue weighted by atomic mass is 10.1. The van der Waals surface area contributed by atoms with E-state index in [0.29, 0.717) is 0 Å². The van der Waals surface area contributed by atoms with Crippen LogP contribution in [0.2, 0.25) is 0 Å². The molecule has 1 rings (SSSR count). The van der Waals surface area contributed by atoms with Crippen LogP contribution in [0.5, 0.6) is 0 Å². The quantitative estimate of drug-likeness (QED) is 0.556. The molecule has 1 heterocycles. The number of halogens is 1. The smallest absolute Gasteiger partial charge is 0.0767 e. The van der Waals surface area contributed by atoms with Gasteiger partial charge in [0.05, 0.1) is 5.60 Å². The van der Waals surface area contributed by atoms with Gasteiger partial charge >= 0.3 is 0 Å². The minimum absolute atomic E-state index is 0.455. The first-order valence-corrected chi connectivity index (χ1v) is 3.44. The predicted molar refractivity (Wildman–Crippen MR) is 35.7 cm³/mol. The predicted octanol–water partition coefficient (Wildman–Crippen LogP) is 0.753. The molecule has 2 nitrogen and oxygen atoms in total. The van der Waals surface area contributed by atoms with Crippen LogP contribution in [0.3, 0.4) is 0 Å². The summed E-state index contributed by atoms with van der Waals surface area (Å²) in [4.78, 5) is 0. The van der Waals surface area contributed by atoms with Crippen LogP contribution < -0.4 is 0 Å². The van der Waals surface area contributed by atoms with Crippen molar-refractivity contribution in [3.05, 3.63) is 0 Å². The second-order valence-electron chi connectivity index (χ2n) is 2.59. The third-order valence-electron chi connectivity index (χ3n) is 1.41. The Morgan fingerprint density at radius 3 is 2.50 bits per heavy atom. The van der Waals surface area contributed by atoms with E-state index < -0.39 is 5.60 Å². The van der Waals surface area contributed by atoms with E-state index in [1.54, 1.807) is 0 Å². The van der Waals surface area contributed by atoms with Gasteiger partial charge in [0.2, 0.25) is 0 Å². The van der Waals surface area contributed by atoms with Gasteiger partial charge in [-0.2, -0.15) is 0 Å². The lowest BCUT2D eigenvalue weighted by Gasteiger charge is -2.13. The average Bonchev–Trinajstić information content (AvgIpc) is 1.82. The van der Waals surface area contributed by atoms with Gasteiger partial charge in [0.25, 0.3) is 0 Å². The van der Waals surface area contributed by atoms with E-state index in [0.717, 1.165) is 19.5 Å². The van der Waals surface area contributed by atoms with Crippen LogP contribution in [0.25, 0.3) is 0 Å². The molecule has 0 aromatic carbocycles. The van der Waals surface area contributed by atoms with Crippen molar-refractivity contribution in [2.45, 2.75) is 18.9 Å². The van der Waals surface area contributed by atoms with Crippen molar-refractivity contribution in [1.29, 1.82) is 0 Å². The maximum absolute atomic E-state index is 9.29. The summed E-state index contributed by atoms with van der Waals surface area (Å²) in [5, 5.41) is 9.29. The molecule has 0 aromatic rings. The normalized spacial score (nSPS) is 40.9. The standard InChI is InChI=1S/C5H10BrNO/c1-5(8)2-3-7(6)4-5/h8H,2-4H2,1H3. The van der Waals surface area contributed by atoms with Crippen molar-refractivity contribution in [3.8, 4) is 0 Å². The molecule has 1 fully saturated rings. The number of hydrogen-bond donors (Lipinski definition) is 1. The summed E-state index contributed by atoms with van der Waals surface area (Å²) in [7, 11) is 0. The fourth-order valence-corrected chi connectivity index (χ4v) is 1.61. The Balaban J connectivity index is 2.44. The van der Waals surface area contributed by atoms with Crippen LogP contribution in [0, 0.1) is 0 Å². The molecule has 0 aliphatic carbocycles. The molecular weight excluding hydrogens is 170 g/mol. The minimum atomic E-state index is -0.455. The monoisotopic (exact) mass is 179 g/mol. The molecule has 1 saturated heterocycles. The molecule has 1 aliphatic heterocycles. The molecule has 0 spiro atoms. The van der Waals surface area contributed by atoms with Crippen LogP contribution >= 0.6 is 16.1 Å². The summed E-state index contributed by atoms with van der Waals surface area (Å²) in [6.07, 6.45) is 0.873. The summed E-state index contributed by atoms with van der Waals surface area (Å²) >= 11 is 3.29. The topological polar surface area (TPSA) is 23.5 Å². The van der Waals surface area contributed by atoms with E-state index in [9.17, 15) is 5.11 Å². The summed E-state index contributed by atoms with van der Waals surface area (Å²) in [5.41, 5.74) is -0.455. The Morgan fingerprint density at radius 1 is 1.75 bits per heavy atom. The fourth-order valence-electron chi connectivity index (χ4n) is 0.890. The number of β-amino-alcohol motifs (C(OH)–C–C–N with tert-alkyl or cyclic N) is 1. The zero-order chi connectivity index (χ0) is 6.20. The van der Waals surface area contributed by atoms with E-state index in [-0.39, 0.29) is 0 Å². The van der Waals surface area contributed by atoms with Crippen LogP contribution in [-0.4, -0.2) is 27.7 Å². The number of aliphatic hydroxyl groups is 1. The second-order valence-corrected chi connectivity index (χ2v) is 3.59. The molecular formula is C5H10BrNO. The Kier molecular flexibility index (Phi) is 1.61. The van der Waals surface area contributed by atoms with Gasteiger partial charge in [0.15, 0.2) is 0 Å². The molecule has 1 N–H and O–H groups in total. The third kappa shape index (κ3) is 1.44. The highest BCUT2D eigenvalue weighted by molar-refractivity contribution is 9.07.